The molecule has 1 aromatic rings. The predicted molar refractivity (Wildman–Crippen MR) is 58.7 cm³/mol. The molecule has 2 aliphatic heterocycles. The van der Waals surface area contributed by atoms with Crippen molar-refractivity contribution in [3.05, 3.63) is 29.8 Å². The van der Waals surface area contributed by atoms with Gasteiger partial charge in [0.15, 0.2) is 5.78 Å². The Morgan fingerprint density at radius 2 is 2.12 bits per heavy atom. The summed E-state index contributed by atoms with van der Waals surface area (Å²) in [6.45, 7) is 1.51. The van der Waals surface area contributed by atoms with Crippen molar-refractivity contribution in [2.24, 2.45) is 5.92 Å². The van der Waals surface area contributed by atoms with Gasteiger partial charge in [-0.05, 0) is 18.6 Å². The fourth-order valence-corrected chi connectivity index (χ4v) is 2.41. The SMILES string of the molecule is O=C1CC(C2CCOC2)Oc2ccccc21. The van der Waals surface area contributed by atoms with Crippen molar-refractivity contribution in [2.45, 2.75) is 18.9 Å². The quantitative estimate of drug-likeness (QED) is 0.723. The molecule has 2 unspecified atom stereocenters. The maximum atomic E-state index is 11.9. The lowest BCUT2D eigenvalue weighted by molar-refractivity contribution is 0.0693. The van der Waals surface area contributed by atoms with E-state index in [-0.39, 0.29) is 11.9 Å². The van der Waals surface area contributed by atoms with E-state index in [0.717, 1.165) is 30.9 Å². The molecule has 0 bridgehead atoms. The first-order valence-electron chi connectivity index (χ1n) is 5.71. The highest BCUT2D eigenvalue weighted by Crippen LogP contribution is 2.32. The molecule has 0 radical (unpaired) electrons. The third-order valence-corrected chi connectivity index (χ3v) is 3.34. The minimum atomic E-state index is 0.00454. The molecule has 0 N–H and O–H groups in total. The zero-order valence-corrected chi connectivity index (χ0v) is 9.02. The van der Waals surface area contributed by atoms with Gasteiger partial charge in [0, 0.05) is 18.9 Å². The number of fused-ring (bicyclic) bond motifs is 1. The molecule has 1 saturated heterocycles. The first kappa shape index (κ1) is 9.85. The van der Waals surface area contributed by atoms with Crippen LogP contribution < -0.4 is 4.74 Å². The average Bonchev–Trinajstić information content (AvgIpc) is 2.82. The normalized spacial score (nSPS) is 28.6. The highest BCUT2D eigenvalue weighted by molar-refractivity contribution is 5.99. The molecule has 0 saturated carbocycles. The standard InChI is InChI=1S/C13H14O3/c14-11-7-13(9-5-6-15-8-9)16-12-4-2-1-3-10(11)12/h1-4,9,13H,5-8H2. The molecular formula is C13H14O3. The van der Waals surface area contributed by atoms with Crippen LogP contribution in [-0.4, -0.2) is 25.1 Å². The van der Waals surface area contributed by atoms with Crippen LogP contribution in [-0.2, 0) is 4.74 Å². The number of para-hydroxylation sites is 1. The van der Waals surface area contributed by atoms with Crippen molar-refractivity contribution in [1.29, 1.82) is 0 Å². The molecule has 0 aliphatic carbocycles. The van der Waals surface area contributed by atoms with Gasteiger partial charge in [-0.1, -0.05) is 12.1 Å². The van der Waals surface area contributed by atoms with Crippen LogP contribution in [0.1, 0.15) is 23.2 Å². The molecule has 0 spiro atoms. The summed E-state index contributed by atoms with van der Waals surface area (Å²) in [6, 6.07) is 7.48. The van der Waals surface area contributed by atoms with Gasteiger partial charge in [0.25, 0.3) is 0 Å². The second-order valence-corrected chi connectivity index (χ2v) is 4.40. The van der Waals surface area contributed by atoms with Gasteiger partial charge in [-0.25, -0.2) is 0 Å². The Labute approximate surface area is 94.4 Å². The summed E-state index contributed by atoms with van der Waals surface area (Å²) in [5, 5.41) is 0. The molecule has 3 rings (SSSR count). The fraction of sp³-hybridized carbons (Fsp3) is 0.462. The predicted octanol–water partition coefficient (Wildman–Crippen LogP) is 2.06. The van der Waals surface area contributed by atoms with Gasteiger partial charge in [0.05, 0.1) is 12.2 Å². The number of rotatable bonds is 1. The minimum absolute atomic E-state index is 0.00454. The molecule has 2 atom stereocenters. The Morgan fingerprint density at radius 1 is 1.25 bits per heavy atom. The van der Waals surface area contributed by atoms with E-state index in [0.29, 0.717) is 12.3 Å². The third-order valence-electron chi connectivity index (χ3n) is 3.34. The van der Waals surface area contributed by atoms with Crippen molar-refractivity contribution in [3.8, 4) is 5.75 Å². The van der Waals surface area contributed by atoms with E-state index in [1.165, 1.54) is 0 Å². The van der Waals surface area contributed by atoms with Crippen LogP contribution in [0.5, 0.6) is 5.75 Å². The second kappa shape index (κ2) is 3.91. The van der Waals surface area contributed by atoms with Gasteiger partial charge in [0.1, 0.15) is 11.9 Å². The van der Waals surface area contributed by atoms with E-state index >= 15 is 0 Å². The Bertz CT molecular complexity index is 407. The molecule has 84 valence electrons. The maximum Gasteiger partial charge on any atom is 0.170 e. The first-order valence-corrected chi connectivity index (χ1v) is 5.71. The van der Waals surface area contributed by atoms with Crippen LogP contribution in [0.25, 0.3) is 0 Å². The van der Waals surface area contributed by atoms with Crippen molar-refractivity contribution >= 4 is 5.78 Å². The first-order chi connectivity index (χ1) is 7.84. The fourth-order valence-electron chi connectivity index (χ4n) is 2.41. The summed E-state index contributed by atoms with van der Waals surface area (Å²) in [5.41, 5.74) is 0.720. The van der Waals surface area contributed by atoms with Crippen LogP contribution in [0, 0.1) is 5.92 Å². The van der Waals surface area contributed by atoms with Crippen molar-refractivity contribution < 1.29 is 14.3 Å². The largest absolute Gasteiger partial charge is 0.489 e. The summed E-state index contributed by atoms with van der Waals surface area (Å²) >= 11 is 0. The van der Waals surface area contributed by atoms with Gasteiger partial charge in [0.2, 0.25) is 0 Å². The molecule has 3 nitrogen and oxygen atoms in total. The van der Waals surface area contributed by atoms with E-state index in [4.69, 9.17) is 9.47 Å². The van der Waals surface area contributed by atoms with Crippen LogP contribution >= 0.6 is 0 Å². The van der Waals surface area contributed by atoms with E-state index in [9.17, 15) is 4.79 Å². The summed E-state index contributed by atoms with van der Waals surface area (Å²) in [6.07, 6.45) is 1.50. The highest BCUT2D eigenvalue weighted by atomic mass is 16.5. The second-order valence-electron chi connectivity index (χ2n) is 4.40. The topological polar surface area (TPSA) is 35.5 Å². The number of carbonyl (C=O) groups excluding carboxylic acids is 1. The average molecular weight is 218 g/mol. The lowest BCUT2D eigenvalue weighted by Crippen LogP contribution is -2.34. The molecule has 1 aromatic carbocycles. The zero-order valence-electron chi connectivity index (χ0n) is 9.02. The Balaban J connectivity index is 1.85. The molecule has 2 heterocycles. The maximum absolute atomic E-state index is 11.9. The monoisotopic (exact) mass is 218 g/mol. The number of ketones is 1. The molecule has 3 heteroatoms. The van der Waals surface area contributed by atoms with Crippen molar-refractivity contribution in [3.63, 3.8) is 0 Å². The molecule has 1 fully saturated rings. The van der Waals surface area contributed by atoms with Crippen LogP contribution in [0.2, 0.25) is 0 Å². The number of hydrogen-bond acceptors (Lipinski definition) is 3. The van der Waals surface area contributed by atoms with Crippen LogP contribution in [0.15, 0.2) is 24.3 Å². The Morgan fingerprint density at radius 3 is 2.94 bits per heavy atom. The molecule has 0 aromatic heterocycles. The Kier molecular flexibility index (Phi) is 2.40. The molecule has 2 aliphatic rings. The highest BCUT2D eigenvalue weighted by Gasteiger charge is 2.33. The number of ether oxygens (including phenoxy) is 2. The summed E-state index contributed by atoms with van der Waals surface area (Å²) < 4.78 is 11.2. The van der Waals surface area contributed by atoms with Crippen LogP contribution in [0.3, 0.4) is 0 Å². The number of benzene rings is 1. The number of Topliss-reactive ketones (excluding diaryl/α,β-unsaturated/α-hetero) is 1. The van der Waals surface area contributed by atoms with Gasteiger partial charge >= 0.3 is 0 Å². The Hall–Kier alpha value is -1.35. The van der Waals surface area contributed by atoms with Crippen molar-refractivity contribution in [2.75, 3.05) is 13.2 Å². The van der Waals surface area contributed by atoms with Crippen molar-refractivity contribution in [1.82, 2.24) is 0 Å². The number of hydrogen-bond donors (Lipinski definition) is 0. The molecular weight excluding hydrogens is 204 g/mol. The van der Waals surface area contributed by atoms with E-state index in [2.05, 4.69) is 0 Å². The minimum Gasteiger partial charge on any atom is -0.489 e. The lowest BCUT2D eigenvalue weighted by Gasteiger charge is -2.28. The summed E-state index contributed by atoms with van der Waals surface area (Å²) in [7, 11) is 0. The molecule has 0 amide bonds. The van der Waals surface area contributed by atoms with E-state index in [1.807, 2.05) is 24.3 Å². The van der Waals surface area contributed by atoms with E-state index < -0.39 is 0 Å². The third kappa shape index (κ3) is 1.61. The smallest absolute Gasteiger partial charge is 0.170 e. The van der Waals surface area contributed by atoms with Gasteiger partial charge in [-0.3, -0.25) is 4.79 Å². The summed E-state index contributed by atoms with van der Waals surface area (Å²) in [4.78, 5) is 11.9. The van der Waals surface area contributed by atoms with Crippen LogP contribution in [0.4, 0.5) is 0 Å². The zero-order chi connectivity index (χ0) is 11.0. The van der Waals surface area contributed by atoms with E-state index in [1.54, 1.807) is 0 Å². The summed E-state index contributed by atoms with van der Waals surface area (Å²) in [5.74, 6) is 1.30. The molecule has 16 heavy (non-hydrogen) atoms. The number of carbonyl (C=O) groups is 1. The van der Waals surface area contributed by atoms with Gasteiger partial charge in [-0.2, -0.15) is 0 Å². The lowest BCUT2D eigenvalue weighted by atomic mass is 9.92. The van der Waals surface area contributed by atoms with Gasteiger partial charge in [-0.15, -0.1) is 0 Å². The van der Waals surface area contributed by atoms with Gasteiger partial charge < -0.3 is 9.47 Å².